The number of rotatable bonds is 4. The van der Waals surface area contributed by atoms with Crippen LogP contribution in [0.5, 0.6) is 5.75 Å². The summed E-state index contributed by atoms with van der Waals surface area (Å²) >= 11 is 0. The maximum absolute atomic E-state index is 11.5. The number of benzene rings is 1. The Labute approximate surface area is 108 Å². The van der Waals surface area contributed by atoms with E-state index in [0.717, 1.165) is 5.56 Å². The van der Waals surface area contributed by atoms with E-state index in [2.05, 4.69) is 5.32 Å². The average Bonchev–Trinajstić information content (AvgIpc) is 2.24. The summed E-state index contributed by atoms with van der Waals surface area (Å²) in [5.41, 5.74) is 0.567. The molecule has 0 heterocycles. The van der Waals surface area contributed by atoms with Gasteiger partial charge in [-0.15, -0.1) is 0 Å². The number of ether oxygens (including phenoxy) is 1. The van der Waals surface area contributed by atoms with Crippen LogP contribution in [-0.2, 0) is 4.79 Å². The van der Waals surface area contributed by atoms with Gasteiger partial charge in [0.25, 0.3) is 5.91 Å². The Morgan fingerprint density at radius 3 is 2.33 bits per heavy atom. The van der Waals surface area contributed by atoms with E-state index in [1.165, 1.54) is 0 Å². The van der Waals surface area contributed by atoms with E-state index in [-0.39, 0.29) is 18.1 Å². The number of hydrogen-bond donors (Lipinski definition) is 2. The fourth-order valence-electron chi connectivity index (χ4n) is 1.45. The smallest absolute Gasteiger partial charge is 0.258 e. The van der Waals surface area contributed by atoms with Crippen molar-refractivity contribution in [3.05, 3.63) is 29.8 Å². The van der Waals surface area contributed by atoms with Crippen molar-refractivity contribution in [2.45, 2.75) is 39.3 Å². The van der Waals surface area contributed by atoms with Crippen LogP contribution in [0.3, 0.4) is 0 Å². The van der Waals surface area contributed by atoms with Crippen LogP contribution in [0.2, 0.25) is 0 Å². The minimum Gasteiger partial charge on any atom is -0.484 e. The van der Waals surface area contributed by atoms with Crippen molar-refractivity contribution in [2.24, 2.45) is 0 Å². The molecule has 0 saturated heterocycles. The van der Waals surface area contributed by atoms with E-state index in [9.17, 15) is 9.90 Å². The number of nitrogens with one attached hydrogen (secondary N) is 1. The fraction of sp³-hybridized carbons (Fsp3) is 0.500. The van der Waals surface area contributed by atoms with Crippen LogP contribution in [0.1, 0.15) is 39.4 Å². The van der Waals surface area contributed by atoms with E-state index in [1.807, 2.05) is 20.8 Å². The van der Waals surface area contributed by atoms with E-state index < -0.39 is 6.10 Å². The van der Waals surface area contributed by atoms with Gasteiger partial charge in [-0.3, -0.25) is 4.79 Å². The Bertz CT molecular complexity index is 390. The van der Waals surface area contributed by atoms with Gasteiger partial charge in [-0.1, -0.05) is 12.1 Å². The molecule has 100 valence electrons. The normalized spacial score (nSPS) is 12.9. The Balaban J connectivity index is 2.46. The lowest BCUT2D eigenvalue weighted by Gasteiger charge is -2.20. The third kappa shape index (κ3) is 5.19. The molecule has 0 aliphatic rings. The van der Waals surface area contributed by atoms with Gasteiger partial charge in [-0.2, -0.15) is 0 Å². The molecule has 0 bridgehead atoms. The van der Waals surface area contributed by atoms with Gasteiger partial charge in [-0.05, 0) is 45.4 Å². The minimum absolute atomic E-state index is 0.00864. The first-order valence-corrected chi connectivity index (χ1v) is 6.00. The molecule has 2 N–H and O–H groups in total. The number of carbonyl (C=O) groups excluding carboxylic acids is 1. The molecule has 1 amide bonds. The van der Waals surface area contributed by atoms with E-state index in [1.54, 1.807) is 31.2 Å². The molecule has 0 aliphatic carbocycles. The largest absolute Gasteiger partial charge is 0.484 e. The summed E-state index contributed by atoms with van der Waals surface area (Å²) in [6, 6.07) is 7.04. The number of carbonyl (C=O) groups is 1. The van der Waals surface area contributed by atoms with Gasteiger partial charge >= 0.3 is 0 Å². The van der Waals surface area contributed by atoms with Crippen molar-refractivity contribution in [1.82, 2.24) is 5.32 Å². The summed E-state index contributed by atoms with van der Waals surface area (Å²) in [6.45, 7) is 7.45. The van der Waals surface area contributed by atoms with Gasteiger partial charge in [0.15, 0.2) is 6.61 Å². The van der Waals surface area contributed by atoms with Gasteiger partial charge in [-0.25, -0.2) is 0 Å². The van der Waals surface area contributed by atoms with Crippen molar-refractivity contribution in [1.29, 1.82) is 0 Å². The first kappa shape index (κ1) is 14.5. The molecule has 1 atom stereocenters. The molecule has 1 aromatic rings. The van der Waals surface area contributed by atoms with Crippen molar-refractivity contribution < 1.29 is 14.6 Å². The summed E-state index contributed by atoms with van der Waals surface area (Å²) in [6.07, 6.45) is -0.497. The minimum atomic E-state index is -0.497. The summed E-state index contributed by atoms with van der Waals surface area (Å²) in [5, 5.41) is 12.2. The molecule has 0 spiro atoms. The third-order valence-electron chi connectivity index (χ3n) is 2.25. The topological polar surface area (TPSA) is 58.6 Å². The van der Waals surface area contributed by atoms with Crippen molar-refractivity contribution >= 4 is 5.91 Å². The first-order chi connectivity index (χ1) is 8.28. The second kappa shape index (κ2) is 5.87. The van der Waals surface area contributed by atoms with Crippen molar-refractivity contribution in [3.8, 4) is 5.75 Å². The molecule has 1 rings (SSSR count). The molecule has 4 nitrogen and oxygen atoms in total. The van der Waals surface area contributed by atoms with Crippen LogP contribution in [0.15, 0.2) is 24.3 Å². The molecule has 0 radical (unpaired) electrons. The SMILES string of the molecule is C[C@@H](O)c1ccc(OCC(=O)NC(C)(C)C)cc1. The molecule has 4 heteroatoms. The van der Waals surface area contributed by atoms with Gasteiger partial charge in [0, 0.05) is 5.54 Å². The van der Waals surface area contributed by atoms with Gasteiger partial charge in [0.1, 0.15) is 5.75 Å². The first-order valence-electron chi connectivity index (χ1n) is 6.00. The Kier molecular flexibility index (Phi) is 4.73. The van der Waals surface area contributed by atoms with E-state index in [4.69, 9.17) is 4.74 Å². The number of aliphatic hydroxyl groups is 1. The second-order valence-corrected chi connectivity index (χ2v) is 5.33. The molecular formula is C14H21NO3. The second-order valence-electron chi connectivity index (χ2n) is 5.33. The van der Waals surface area contributed by atoms with Crippen LogP contribution in [0, 0.1) is 0 Å². The zero-order chi connectivity index (χ0) is 13.8. The zero-order valence-corrected chi connectivity index (χ0v) is 11.4. The molecular weight excluding hydrogens is 230 g/mol. The van der Waals surface area contributed by atoms with Crippen LogP contribution in [0.25, 0.3) is 0 Å². The maximum atomic E-state index is 11.5. The maximum Gasteiger partial charge on any atom is 0.258 e. The van der Waals surface area contributed by atoms with Crippen LogP contribution in [-0.4, -0.2) is 23.2 Å². The highest BCUT2D eigenvalue weighted by atomic mass is 16.5. The zero-order valence-electron chi connectivity index (χ0n) is 11.4. The van der Waals surface area contributed by atoms with Gasteiger partial charge < -0.3 is 15.2 Å². The molecule has 0 fully saturated rings. The molecule has 1 aromatic carbocycles. The number of hydrogen-bond acceptors (Lipinski definition) is 3. The van der Waals surface area contributed by atoms with Crippen LogP contribution >= 0.6 is 0 Å². The fourth-order valence-corrected chi connectivity index (χ4v) is 1.45. The lowest BCUT2D eigenvalue weighted by Crippen LogP contribution is -2.43. The van der Waals surface area contributed by atoms with Crippen molar-refractivity contribution in [3.63, 3.8) is 0 Å². The lowest BCUT2D eigenvalue weighted by molar-refractivity contribution is -0.124. The van der Waals surface area contributed by atoms with E-state index >= 15 is 0 Å². The van der Waals surface area contributed by atoms with Crippen molar-refractivity contribution in [2.75, 3.05) is 6.61 Å². The van der Waals surface area contributed by atoms with Crippen LogP contribution < -0.4 is 10.1 Å². The molecule has 0 aromatic heterocycles. The summed E-state index contributed by atoms with van der Waals surface area (Å²) in [7, 11) is 0. The highest BCUT2D eigenvalue weighted by Crippen LogP contribution is 2.17. The molecule has 0 aliphatic heterocycles. The Morgan fingerprint density at radius 2 is 1.89 bits per heavy atom. The van der Waals surface area contributed by atoms with Gasteiger partial charge in [0.05, 0.1) is 6.10 Å². The molecule has 0 unspecified atom stereocenters. The molecule has 18 heavy (non-hydrogen) atoms. The quantitative estimate of drug-likeness (QED) is 0.861. The number of amides is 1. The predicted octanol–water partition coefficient (Wildman–Crippen LogP) is 2.03. The van der Waals surface area contributed by atoms with Crippen LogP contribution in [0.4, 0.5) is 0 Å². The summed E-state index contributed by atoms with van der Waals surface area (Å²) < 4.78 is 5.35. The molecule has 0 saturated carbocycles. The van der Waals surface area contributed by atoms with E-state index in [0.29, 0.717) is 5.75 Å². The standard InChI is InChI=1S/C14H21NO3/c1-10(16)11-5-7-12(8-6-11)18-9-13(17)15-14(2,3)4/h5-8,10,16H,9H2,1-4H3,(H,15,17)/t10-/m1/s1. The monoisotopic (exact) mass is 251 g/mol. The van der Waals surface area contributed by atoms with Gasteiger partial charge in [0.2, 0.25) is 0 Å². The highest BCUT2D eigenvalue weighted by Gasteiger charge is 2.13. The highest BCUT2D eigenvalue weighted by molar-refractivity contribution is 5.78. The average molecular weight is 251 g/mol. The third-order valence-corrected chi connectivity index (χ3v) is 2.25. The lowest BCUT2D eigenvalue weighted by atomic mass is 10.1. The predicted molar refractivity (Wildman–Crippen MR) is 70.5 cm³/mol. The summed E-state index contributed by atoms with van der Waals surface area (Å²) in [4.78, 5) is 11.5. The number of aliphatic hydroxyl groups excluding tert-OH is 1. The Morgan fingerprint density at radius 1 is 1.33 bits per heavy atom. The summed E-state index contributed by atoms with van der Waals surface area (Å²) in [5.74, 6) is 0.463. The Hall–Kier alpha value is -1.55.